The second kappa shape index (κ2) is 7.54. The van der Waals surface area contributed by atoms with Crippen LogP contribution in [-0.2, 0) is 16.1 Å². The lowest BCUT2D eigenvalue weighted by Gasteiger charge is -2.01. The number of hydrogen-bond acceptors (Lipinski definition) is 6. The minimum Gasteiger partial charge on any atom is -0.466 e. The maximum Gasteiger partial charge on any atom is 0.307 e. The molecule has 1 aromatic carbocycles. The van der Waals surface area contributed by atoms with Crippen LogP contribution in [0.1, 0.15) is 24.7 Å². The van der Waals surface area contributed by atoms with Crippen LogP contribution in [0.3, 0.4) is 0 Å². The van der Waals surface area contributed by atoms with Gasteiger partial charge in [0.25, 0.3) is 5.89 Å². The third-order valence-corrected chi connectivity index (χ3v) is 2.86. The Labute approximate surface area is 123 Å². The molecule has 0 amide bonds. The Kier molecular flexibility index (Phi) is 5.45. The van der Waals surface area contributed by atoms with Crippen molar-refractivity contribution in [2.24, 2.45) is 0 Å². The average molecular weight is 289 g/mol. The molecule has 1 aromatic heterocycles. The Bertz CT molecular complexity index is 578. The quantitative estimate of drug-likeness (QED) is 0.621. The summed E-state index contributed by atoms with van der Waals surface area (Å²) < 4.78 is 10.1. The highest BCUT2D eigenvalue weighted by Gasteiger charge is 2.08. The molecule has 1 N–H and O–H groups in total. The van der Waals surface area contributed by atoms with E-state index in [1.54, 1.807) is 6.92 Å². The lowest BCUT2D eigenvalue weighted by molar-refractivity contribution is -0.142. The molecule has 6 nitrogen and oxygen atoms in total. The van der Waals surface area contributed by atoms with Gasteiger partial charge in [0.1, 0.15) is 0 Å². The summed E-state index contributed by atoms with van der Waals surface area (Å²) >= 11 is 0. The first-order chi connectivity index (χ1) is 10.2. The van der Waals surface area contributed by atoms with Gasteiger partial charge in [-0.1, -0.05) is 22.9 Å². The smallest absolute Gasteiger partial charge is 0.307 e. The summed E-state index contributed by atoms with van der Waals surface area (Å²) in [5, 5.41) is 6.98. The highest BCUT2D eigenvalue weighted by Crippen LogP contribution is 2.17. The van der Waals surface area contributed by atoms with E-state index in [9.17, 15) is 4.79 Å². The molecule has 0 unspecified atom stereocenters. The zero-order chi connectivity index (χ0) is 15.1. The lowest BCUT2D eigenvalue weighted by atomic mass is 10.1. The number of aromatic nitrogens is 2. The van der Waals surface area contributed by atoms with E-state index in [0.29, 0.717) is 37.8 Å². The first-order valence-electron chi connectivity index (χ1n) is 6.95. The molecule has 2 aromatic rings. The molecule has 0 atom stereocenters. The van der Waals surface area contributed by atoms with Crippen LogP contribution in [0.2, 0.25) is 0 Å². The number of nitrogens with one attached hydrogen (secondary N) is 1. The number of hydrogen-bond donors (Lipinski definition) is 1. The second-order valence-electron chi connectivity index (χ2n) is 4.61. The summed E-state index contributed by atoms with van der Waals surface area (Å²) in [5.74, 6) is 0.852. The second-order valence-corrected chi connectivity index (χ2v) is 4.61. The molecule has 0 aliphatic heterocycles. The van der Waals surface area contributed by atoms with Gasteiger partial charge in [0.15, 0.2) is 5.82 Å². The van der Waals surface area contributed by atoms with E-state index in [-0.39, 0.29) is 5.97 Å². The molecule has 0 fully saturated rings. The van der Waals surface area contributed by atoms with Gasteiger partial charge in [-0.15, -0.1) is 0 Å². The maximum absolute atomic E-state index is 11.2. The van der Waals surface area contributed by atoms with E-state index in [1.165, 1.54) is 5.56 Å². The number of rotatable bonds is 7. The number of esters is 1. The van der Waals surface area contributed by atoms with Crippen LogP contribution >= 0.6 is 0 Å². The predicted molar refractivity (Wildman–Crippen MR) is 77.4 cm³/mol. The summed E-state index contributed by atoms with van der Waals surface area (Å²) in [4.78, 5) is 15.5. The van der Waals surface area contributed by atoms with E-state index in [4.69, 9.17) is 9.26 Å². The number of carbonyl (C=O) groups excluding carboxylic acids is 1. The van der Waals surface area contributed by atoms with E-state index in [2.05, 4.69) is 15.5 Å². The number of aryl methyl sites for hydroxylation is 1. The fourth-order valence-electron chi connectivity index (χ4n) is 1.76. The molecule has 21 heavy (non-hydrogen) atoms. The van der Waals surface area contributed by atoms with Crippen LogP contribution in [0.25, 0.3) is 11.5 Å². The first kappa shape index (κ1) is 15.2. The Morgan fingerprint density at radius 2 is 2.10 bits per heavy atom. The third-order valence-electron chi connectivity index (χ3n) is 2.86. The third kappa shape index (κ3) is 4.68. The Morgan fingerprint density at radius 3 is 2.81 bits per heavy atom. The number of ether oxygens (including phenoxy) is 1. The van der Waals surface area contributed by atoms with Crippen LogP contribution in [0.4, 0.5) is 0 Å². The van der Waals surface area contributed by atoms with E-state index in [0.717, 1.165) is 5.56 Å². The van der Waals surface area contributed by atoms with E-state index < -0.39 is 0 Å². The Balaban J connectivity index is 1.81. The van der Waals surface area contributed by atoms with Gasteiger partial charge in [0, 0.05) is 12.1 Å². The molecular formula is C15H19N3O3. The van der Waals surface area contributed by atoms with Crippen molar-refractivity contribution in [1.29, 1.82) is 0 Å². The van der Waals surface area contributed by atoms with Crippen LogP contribution in [0.5, 0.6) is 0 Å². The molecule has 0 aliphatic rings. The van der Waals surface area contributed by atoms with Gasteiger partial charge in [0.2, 0.25) is 0 Å². The molecule has 0 aliphatic carbocycles. The van der Waals surface area contributed by atoms with E-state index >= 15 is 0 Å². The highest BCUT2D eigenvalue weighted by molar-refractivity contribution is 5.69. The Hall–Kier alpha value is -2.21. The van der Waals surface area contributed by atoms with Gasteiger partial charge in [-0.05, 0) is 26.0 Å². The molecule has 0 saturated carbocycles. The molecule has 2 rings (SSSR count). The average Bonchev–Trinajstić information content (AvgIpc) is 2.93. The van der Waals surface area contributed by atoms with Crippen molar-refractivity contribution >= 4 is 5.97 Å². The van der Waals surface area contributed by atoms with Crippen molar-refractivity contribution in [3.05, 3.63) is 35.7 Å². The number of nitrogens with zero attached hydrogens (tertiary/aromatic N) is 2. The molecule has 0 bridgehead atoms. The first-order valence-corrected chi connectivity index (χ1v) is 6.95. The van der Waals surface area contributed by atoms with Gasteiger partial charge in [-0.25, -0.2) is 0 Å². The normalized spacial score (nSPS) is 10.6. The summed E-state index contributed by atoms with van der Waals surface area (Å²) in [7, 11) is 0. The topological polar surface area (TPSA) is 77.2 Å². The zero-order valence-electron chi connectivity index (χ0n) is 12.3. The van der Waals surface area contributed by atoms with Crippen LogP contribution in [-0.4, -0.2) is 29.3 Å². The summed E-state index contributed by atoms with van der Waals surface area (Å²) in [6.45, 7) is 5.19. The Morgan fingerprint density at radius 1 is 1.33 bits per heavy atom. The van der Waals surface area contributed by atoms with Gasteiger partial charge in [-0.2, -0.15) is 4.98 Å². The zero-order valence-corrected chi connectivity index (χ0v) is 12.3. The van der Waals surface area contributed by atoms with Crippen molar-refractivity contribution in [2.45, 2.75) is 26.8 Å². The van der Waals surface area contributed by atoms with Gasteiger partial charge < -0.3 is 14.6 Å². The van der Waals surface area contributed by atoms with E-state index in [1.807, 2.05) is 31.2 Å². The molecular weight excluding hydrogens is 270 g/mol. The molecule has 0 spiro atoms. The SMILES string of the molecule is CCOC(=O)CCNCc1noc(-c2ccc(C)cc2)n1. The van der Waals surface area contributed by atoms with Crippen LogP contribution in [0.15, 0.2) is 28.8 Å². The summed E-state index contributed by atoms with van der Waals surface area (Å²) in [6.07, 6.45) is 0.330. The molecule has 1 heterocycles. The van der Waals surface area contributed by atoms with Crippen molar-refractivity contribution in [3.8, 4) is 11.5 Å². The van der Waals surface area contributed by atoms with Crippen LogP contribution < -0.4 is 5.32 Å². The van der Waals surface area contributed by atoms with Gasteiger partial charge in [-0.3, -0.25) is 4.79 Å². The van der Waals surface area contributed by atoms with Gasteiger partial charge in [0.05, 0.1) is 19.6 Å². The maximum atomic E-state index is 11.2. The lowest BCUT2D eigenvalue weighted by Crippen LogP contribution is -2.19. The molecule has 6 heteroatoms. The standard InChI is InChI=1S/C15H19N3O3/c1-3-20-14(19)8-9-16-10-13-17-15(21-18-13)12-6-4-11(2)5-7-12/h4-7,16H,3,8-10H2,1-2H3. The molecule has 112 valence electrons. The molecule has 0 saturated heterocycles. The van der Waals surface area contributed by atoms with Crippen molar-refractivity contribution in [3.63, 3.8) is 0 Å². The number of benzene rings is 1. The summed E-state index contributed by atoms with van der Waals surface area (Å²) in [5.41, 5.74) is 2.07. The van der Waals surface area contributed by atoms with Crippen molar-refractivity contribution < 1.29 is 14.1 Å². The minimum atomic E-state index is -0.210. The fraction of sp³-hybridized carbons (Fsp3) is 0.400. The fourth-order valence-corrected chi connectivity index (χ4v) is 1.76. The van der Waals surface area contributed by atoms with Crippen LogP contribution in [0, 0.1) is 6.92 Å². The molecule has 0 radical (unpaired) electrons. The van der Waals surface area contributed by atoms with Crippen molar-refractivity contribution in [2.75, 3.05) is 13.2 Å². The largest absolute Gasteiger partial charge is 0.466 e. The summed E-state index contributed by atoms with van der Waals surface area (Å²) in [6, 6.07) is 7.88. The monoisotopic (exact) mass is 289 g/mol. The van der Waals surface area contributed by atoms with Gasteiger partial charge >= 0.3 is 5.97 Å². The minimum absolute atomic E-state index is 0.210. The van der Waals surface area contributed by atoms with Crippen molar-refractivity contribution in [1.82, 2.24) is 15.5 Å². The highest BCUT2D eigenvalue weighted by atomic mass is 16.5. The predicted octanol–water partition coefficient (Wildman–Crippen LogP) is 2.09. The number of carbonyl (C=O) groups is 1.